The summed E-state index contributed by atoms with van der Waals surface area (Å²) >= 11 is 1.28. The lowest BCUT2D eigenvalue weighted by atomic mass is 10.2. The van der Waals surface area contributed by atoms with Gasteiger partial charge in [0.15, 0.2) is 0 Å². The first-order chi connectivity index (χ1) is 8.45. The fraction of sp³-hybridized carbons (Fsp3) is 0.500. The Morgan fingerprint density at radius 2 is 2.17 bits per heavy atom. The summed E-state index contributed by atoms with van der Waals surface area (Å²) in [5.41, 5.74) is 6.11. The molecule has 0 fully saturated rings. The van der Waals surface area contributed by atoms with E-state index >= 15 is 0 Å². The molecule has 5 nitrogen and oxygen atoms in total. The van der Waals surface area contributed by atoms with Crippen LogP contribution in [0.4, 0.5) is 5.00 Å². The number of rotatable bonds is 5. The van der Waals surface area contributed by atoms with Gasteiger partial charge in [-0.2, -0.15) is 0 Å². The van der Waals surface area contributed by atoms with E-state index in [4.69, 9.17) is 10.5 Å². The van der Waals surface area contributed by atoms with Crippen molar-refractivity contribution in [3.8, 4) is 0 Å². The van der Waals surface area contributed by atoms with Crippen LogP contribution in [0.2, 0.25) is 0 Å². The second-order valence-electron chi connectivity index (χ2n) is 4.08. The van der Waals surface area contributed by atoms with Crippen molar-refractivity contribution in [2.45, 2.75) is 27.3 Å². The zero-order valence-electron chi connectivity index (χ0n) is 10.8. The van der Waals surface area contributed by atoms with Crippen molar-refractivity contribution in [1.29, 1.82) is 0 Å². The molecule has 1 heterocycles. The summed E-state index contributed by atoms with van der Waals surface area (Å²) in [5.74, 6) is -0.515. The van der Waals surface area contributed by atoms with Gasteiger partial charge in [0.25, 0.3) is 0 Å². The van der Waals surface area contributed by atoms with E-state index in [1.807, 2.05) is 13.8 Å². The van der Waals surface area contributed by atoms with Crippen molar-refractivity contribution in [1.82, 2.24) is 5.32 Å². The van der Waals surface area contributed by atoms with Crippen molar-refractivity contribution in [2.24, 2.45) is 5.92 Å². The molecule has 0 aliphatic carbocycles. The van der Waals surface area contributed by atoms with Crippen LogP contribution in [-0.2, 0) is 16.1 Å². The first-order valence-electron chi connectivity index (χ1n) is 5.78. The number of hydrogen-bond acceptors (Lipinski definition) is 5. The van der Waals surface area contributed by atoms with Crippen LogP contribution in [0, 0.1) is 5.92 Å². The van der Waals surface area contributed by atoms with Gasteiger partial charge >= 0.3 is 5.97 Å². The Morgan fingerprint density at radius 3 is 2.72 bits per heavy atom. The van der Waals surface area contributed by atoms with Crippen LogP contribution in [0.25, 0.3) is 0 Å². The third kappa shape index (κ3) is 3.73. The molecule has 1 rings (SSSR count). The fourth-order valence-corrected chi connectivity index (χ4v) is 2.15. The number of ether oxygens (including phenoxy) is 1. The van der Waals surface area contributed by atoms with Crippen molar-refractivity contribution in [2.75, 3.05) is 12.3 Å². The molecule has 0 saturated carbocycles. The number of carbonyl (C=O) groups is 2. The maximum Gasteiger partial charge on any atom is 0.341 e. The molecule has 0 aliphatic heterocycles. The average molecular weight is 270 g/mol. The van der Waals surface area contributed by atoms with E-state index in [0.29, 0.717) is 23.7 Å². The minimum Gasteiger partial charge on any atom is -0.462 e. The highest BCUT2D eigenvalue weighted by Crippen LogP contribution is 2.25. The van der Waals surface area contributed by atoms with Gasteiger partial charge in [0.1, 0.15) is 5.00 Å². The average Bonchev–Trinajstić information content (AvgIpc) is 2.67. The van der Waals surface area contributed by atoms with Crippen molar-refractivity contribution >= 4 is 28.2 Å². The Hall–Kier alpha value is -1.56. The standard InChI is InChI=1S/C12H18N2O3S/c1-4-17-12(16)9-5-8(18-10(9)13)6-14-11(15)7(2)3/h5,7H,4,6,13H2,1-3H3,(H,14,15). The van der Waals surface area contributed by atoms with Crippen molar-refractivity contribution in [3.63, 3.8) is 0 Å². The largest absolute Gasteiger partial charge is 0.462 e. The number of thiophene rings is 1. The summed E-state index contributed by atoms with van der Waals surface area (Å²) in [6.45, 7) is 6.08. The topological polar surface area (TPSA) is 81.4 Å². The monoisotopic (exact) mass is 270 g/mol. The van der Waals surface area contributed by atoms with Crippen molar-refractivity contribution < 1.29 is 14.3 Å². The Bertz CT molecular complexity index is 441. The van der Waals surface area contributed by atoms with Gasteiger partial charge in [0, 0.05) is 10.8 Å². The van der Waals surface area contributed by atoms with Crippen molar-refractivity contribution in [3.05, 3.63) is 16.5 Å². The summed E-state index contributed by atoms with van der Waals surface area (Å²) in [4.78, 5) is 23.8. The van der Waals surface area contributed by atoms with Gasteiger partial charge in [-0.3, -0.25) is 4.79 Å². The SMILES string of the molecule is CCOC(=O)c1cc(CNC(=O)C(C)C)sc1N. The Kier molecular flexibility index (Phi) is 5.15. The van der Waals surface area contributed by atoms with Crippen LogP contribution < -0.4 is 11.1 Å². The predicted molar refractivity (Wildman–Crippen MR) is 71.4 cm³/mol. The molecule has 0 saturated heterocycles. The van der Waals surface area contributed by atoms with Gasteiger partial charge in [0.05, 0.1) is 18.7 Å². The van der Waals surface area contributed by atoms with Gasteiger partial charge in [-0.15, -0.1) is 11.3 Å². The number of nitrogens with one attached hydrogen (secondary N) is 1. The maximum atomic E-state index is 11.5. The first-order valence-corrected chi connectivity index (χ1v) is 6.60. The Labute approximate surface area is 110 Å². The van der Waals surface area contributed by atoms with E-state index in [0.717, 1.165) is 4.88 Å². The van der Waals surface area contributed by atoms with Crippen LogP contribution in [0.5, 0.6) is 0 Å². The Morgan fingerprint density at radius 1 is 1.50 bits per heavy atom. The zero-order valence-corrected chi connectivity index (χ0v) is 11.6. The molecule has 1 aromatic rings. The number of nitrogens with two attached hydrogens (primary N) is 1. The molecule has 100 valence electrons. The number of hydrogen-bond donors (Lipinski definition) is 2. The number of nitrogen functional groups attached to an aromatic ring is 1. The lowest BCUT2D eigenvalue weighted by Crippen LogP contribution is -2.26. The summed E-state index contributed by atoms with van der Waals surface area (Å²) in [6, 6.07) is 1.67. The molecule has 3 N–H and O–H groups in total. The van der Waals surface area contributed by atoms with E-state index in [1.54, 1.807) is 13.0 Å². The number of amides is 1. The zero-order chi connectivity index (χ0) is 13.7. The molecule has 0 unspecified atom stereocenters. The molecule has 0 aromatic carbocycles. The van der Waals surface area contributed by atoms with Crippen LogP contribution in [0.3, 0.4) is 0 Å². The minimum atomic E-state index is -0.423. The normalized spacial score (nSPS) is 10.4. The van der Waals surface area contributed by atoms with Gasteiger partial charge in [-0.1, -0.05) is 13.8 Å². The molecule has 0 spiro atoms. The highest BCUT2D eigenvalue weighted by molar-refractivity contribution is 7.16. The van der Waals surface area contributed by atoms with Gasteiger partial charge in [-0.05, 0) is 13.0 Å². The smallest absolute Gasteiger partial charge is 0.341 e. The van der Waals surface area contributed by atoms with E-state index < -0.39 is 5.97 Å². The molecule has 0 bridgehead atoms. The van der Waals surface area contributed by atoms with Gasteiger partial charge in [0.2, 0.25) is 5.91 Å². The second kappa shape index (κ2) is 6.39. The number of carbonyl (C=O) groups excluding carboxylic acids is 2. The quantitative estimate of drug-likeness (QED) is 0.799. The predicted octanol–water partition coefficient (Wildman–Crippen LogP) is 1.78. The lowest BCUT2D eigenvalue weighted by Gasteiger charge is -2.05. The second-order valence-corrected chi connectivity index (χ2v) is 5.25. The fourth-order valence-electron chi connectivity index (χ4n) is 1.29. The molecule has 0 atom stereocenters. The lowest BCUT2D eigenvalue weighted by molar-refractivity contribution is -0.124. The van der Waals surface area contributed by atoms with Crippen LogP contribution in [0.15, 0.2) is 6.07 Å². The van der Waals surface area contributed by atoms with E-state index in [-0.39, 0.29) is 11.8 Å². The number of esters is 1. The summed E-state index contributed by atoms with van der Waals surface area (Å²) < 4.78 is 4.89. The third-order valence-corrected chi connectivity index (χ3v) is 3.23. The van der Waals surface area contributed by atoms with Crippen LogP contribution in [0.1, 0.15) is 36.0 Å². The first kappa shape index (κ1) is 14.5. The summed E-state index contributed by atoms with van der Waals surface area (Å²) in [7, 11) is 0. The molecule has 6 heteroatoms. The molecule has 1 amide bonds. The summed E-state index contributed by atoms with van der Waals surface area (Å²) in [5, 5.41) is 3.19. The molecule has 0 radical (unpaired) electrons. The molecular formula is C12H18N2O3S. The molecule has 0 aliphatic rings. The third-order valence-electron chi connectivity index (χ3n) is 2.27. The van der Waals surface area contributed by atoms with Gasteiger partial charge in [-0.25, -0.2) is 4.79 Å². The minimum absolute atomic E-state index is 0.0281. The van der Waals surface area contributed by atoms with Gasteiger partial charge < -0.3 is 15.8 Å². The number of anilines is 1. The van der Waals surface area contributed by atoms with E-state index in [9.17, 15) is 9.59 Å². The molecule has 18 heavy (non-hydrogen) atoms. The van der Waals surface area contributed by atoms with Crippen LogP contribution in [-0.4, -0.2) is 18.5 Å². The molecular weight excluding hydrogens is 252 g/mol. The van der Waals surface area contributed by atoms with E-state index in [2.05, 4.69) is 5.32 Å². The highest BCUT2D eigenvalue weighted by atomic mass is 32.1. The van der Waals surface area contributed by atoms with Crippen LogP contribution >= 0.6 is 11.3 Å². The Balaban J connectivity index is 2.67. The molecule has 1 aromatic heterocycles. The highest BCUT2D eigenvalue weighted by Gasteiger charge is 2.15. The maximum absolute atomic E-state index is 11.5. The van der Waals surface area contributed by atoms with E-state index in [1.165, 1.54) is 11.3 Å². The summed E-state index contributed by atoms with van der Waals surface area (Å²) in [6.07, 6.45) is 0.